The monoisotopic (exact) mass is 599 g/mol. The number of thioether (sulfide) groups is 1. The number of carbonyl (C=O) groups excluding carboxylic acids is 3. The zero-order chi connectivity index (χ0) is 30.1. The number of para-hydroxylation sites is 1. The van der Waals surface area contributed by atoms with Crippen LogP contribution in [0.3, 0.4) is 0 Å². The summed E-state index contributed by atoms with van der Waals surface area (Å²) in [7, 11) is 1.54. The minimum absolute atomic E-state index is 0.0379. The summed E-state index contributed by atoms with van der Waals surface area (Å²) in [4.78, 5) is 40.0. The second-order valence-corrected chi connectivity index (χ2v) is 11.1. The lowest BCUT2D eigenvalue weighted by molar-refractivity contribution is -0.115. The zero-order valence-corrected chi connectivity index (χ0v) is 24.9. The standard InChI is InChI=1S/C33H30ClN3O4S/c1-21-16-17-26(20-28(21)34)35-31(38)22(2)42-27-14-9-13-25(19-27)36-33(40)29(18-24-12-7-8-15-30(24)41-3)37-32(39)23-10-5-4-6-11-23/h4-20,22H,1-3H3,(H,35,38)(H,36,40)(H,37,39)/b29-18+. The molecule has 0 aliphatic carbocycles. The van der Waals surface area contributed by atoms with Crippen molar-refractivity contribution in [3.63, 3.8) is 0 Å². The maximum Gasteiger partial charge on any atom is 0.272 e. The Labute approximate surface area is 254 Å². The van der Waals surface area contributed by atoms with Crippen molar-refractivity contribution in [1.29, 1.82) is 0 Å². The first-order chi connectivity index (χ1) is 20.2. The first-order valence-corrected chi connectivity index (χ1v) is 14.4. The van der Waals surface area contributed by atoms with Gasteiger partial charge in [0.1, 0.15) is 11.4 Å². The number of benzene rings is 4. The van der Waals surface area contributed by atoms with E-state index < -0.39 is 17.1 Å². The van der Waals surface area contributed by atoms with Gasteiger partial charge in [0.25, 0.3) is 11.8 Å². The number of rotatable bonds is 10. The highest BCUT2D eigenvalue weighted by Crippen LogP contribution is 2.28. The zero-order valence-electron chi connectivity index (χ0n) is 23.3. The summed E-state index contributed by atoms with van der Waals surface area (Å²) in [5, 5.41) is 8.63. The van der Waals surface area contributed by atoms with E-state index in [1.54, 1.807) is 79.7 Å². The second kappa shape index (κ2) is 14.4. The van der Waals surface area contributed by atoms with Crippen molar-refractivity contribution in [3.8, 4) is 5.75 Å². The molecule has 0 saturated carbocycles. The first kappa shape index (κ1) is 30.4. The lowest BCUT2D eigenvalue weighted by atomic mass is 10.1. The third-order valence-corrected chi connectivity index (χ3v) is 7.68. The molecule has 3 N–H and O–H groups in total. The van der Waals surface area contributed by atoms with Crippen LogP contribution >= 0.6 is 23.4 Å². The number of hydrogen-bond acceptors (Lipinski definition) is 5. The van der Waals surface area contributed by atoms with E-state index in [-0.39, 0.29) is 11.6 Å². The molecule has 214 valence electrons. The van der Waals surface area contributed by atoms with Crippen LogP contribution in [0.4, 0.5) is 11.4 Å². The minimum atomic E-state index is -0.519. The van der Waals surface area contributed by atoms with Gasteiger partial charge in [0.05, 0.1) is 12.4 Å². The molecular weight excluding hydrogens is 570 g/mol. The molecule has 0 bridgehead atoms. The molecule has 0 aromatic heterocycles. The minimum Gasteiger partial charge on any atom is -0.496 e. The van der Waals surface area contributed by atoms with Gasteiger partial charge in [0.15, 0.2) is 0 Å². The van der Waals surface area contributed by atoms with Crippen molar-refractivity contribution in [3.05, 3.63) is 124 Å². The van der Waals surface area contributed by atoms with Crippen molar-refractivity contribution in [2.45, 2.75) is 24.0 Å². The average Bonchev–Trinajstić information content (AvgIpc) is 2.99. The molecule has 1 atom stereocenters. The summed E-state index contributed by atoms with van der Waals surface area (Å²) < 4.78 is 5.42. The predicted molar refractivity (Wildman–Crippen MR) is 170 cm³/mol. The normalized spacial score (nSPS) is 11.8. The Morgan fingerprint density at radius 1 is 0.857 bits per heavy atom. The van der Waals surface area contributed by atoms with E-state index in [9.17, 15) is 14.4 Å². The summed E-state index contributed by atoms with van der Waals surface area (Å²) in [6.07, 6.45) is 1.57. The van der Waals surface area contributed by atoms with Crippen molar-refractivity contribution in [1.82, 2.24) is 5.32 Å². The number of halogens is 1. The van der Waals surface area contributed by atoms with E-state index in [0.717, 1.165) is 10.5 Å². The molecule has 0 radical (unpaired) electrons. The quantitative estimate of drug-likeness (QED) is 0.132. The Morgan fingerprint density at radius 3 is 2.31 bits per heavy atom. The molecule has 4 aromatic rings. The third kappa shape index (κ3) is 8.25. The van der Waals surface area contributed by atoms with Gasteiger partial charge in [-0.3, -0.25) is 14.4 Å². The van der Waals surface area contributed by atoms with E-state index >= 15 is 0 Å². The molecule has 0 fully saturated rings. The molecule has 0 aliphatic heterocycles. The molecule has 4 rings (SSSR count). The lowest BCUT2D eigenvalue weighted by Crippen LogP contribution is -2.30. The van der Waals surface area contributed by atoms with Gasteiger partial charge >= 0.3 is 0 Å². The number of hydrogen-bond donors (Lipinski definition) is 3. The molecule has 4 aromatic carbocycles. The van der Waals surface area contributed by atoms with E-state index in [4.69, 9.17) is 16.3 Å². The van der Waals surface area contributed by atoms with Crippen molar-refractivity contribution in [2.75, 3.05) is 17.7 Å². The summed E-state index contributed by atoms with van der Waals surface area (Å²) in [5.41, 5.74) is 3.12. The molecular formula is C33H30ClN3O4S. The largest absolute Gasteiger partial charge is 0.496 e. The third-order valence-electron chi connectivity index (χ3n) is 6.18. The topological polar surface area (TPSA) is 96.5 Å². The number of anilines is 2. The molecule has 0 aliphatic rings. The number of amides is 3. The number of nitrogens with one attached hydrogen (secondary N) is 3. The van der Waals surface area contributed by atoms with Gasteiger partial charge in [-0.25, -0.2) is 0 Å². The van der Waals surface area contributed by atoms with Crippen molar-refractivity contribution >= 4 is 58.5 Å². The van der Waals surface area contributed by atoms with Crippen LogP contribution in [0.15, 0.2) is 108 Å². The van der Waals surface area contributed by atoms with Gasteiger partial charge in [-0.1, -0.05) is 60.1 Å². The molecule has 0 heterocycles. The summed E-state index contributed by atoms with van der Waals surface area (Å²) >= 11 is 7.53. The maximum atomic E-state index is 13.5. The fourth-order valence-corrected chi connectivity index (χ4v) is 5.01. The van der Waals surface area contributed by atoms with Gasteiger partial charge in [-0.2, -0.15) is 0 Å². The summed E-state index contributed by atoms with van der Waals surface area (Å²) in [6.45, 7) is 3.70. The smallest absolute Gasteiger partial charge is 0.272 e. The highest BCUT2D eigenvalue weighted by molar-refractivity contribution is 8.00. The lowest BCUT2D eigenvalue weighted by Gasteiger charge is -2.15. The number of aryl methyl sites for hydroxylation is 1. The number of methoxy groups -OCH3 is 1. The van der Waals surface area contributed by atoms with Crippen LogP contribution in [0.25, 0.3) is 6.08 Å². The molecule has 42 heavy (non-hydrogen) atoms. The van der Waals surface area contributed by atoms with Crippen LogP contribution in [0.2, 0.25) is 5.02 Å². The van der Waals surface area contributed by atoms with Crippen LogP contribution in [0.1, 0.15) is 28.4 Å². The van der Waals surface area contributed by atoms with Crippen LogP contribution < -0.4 is 20.7 Å². The van der Waals surface area contributed by atoms with Gasteiger partial charge in [0, 0.05) is 32.4 Å². The summed E-state index contributed by atoms with van der Waals surface area (Å²) in [5.74, 6) is -0.573. The Balaban J connectivity index is 1.50. The molecule has 0 spiro atoms. The maximum absolute atomic E-state index is 13.5. The van der Waals surface area contributed by atoms with Crippen LogP contribution in [0.5, 0.6) is 5.75 Å². The summed E-state index contributed by atoms with van der Waals surface area (Å²) in [6, 6.07) is 28.3. The highest BCUT2D eigenvalue weighted by Gasteiger charge is 2.18. The first-order valence-electron chi connectivity index (χ1n) is 13.1. The highest BCUT2D eigenvalue weighted by atomic mass is 35.5. The van der Waals surface area contributed by atoms with Crippen molar-refractivity contribution < 1.29 is 19.1 Å². The fourth-order valence-electron chi connectivity index (χ4n) is 3.90. The Bertz CT molecular complexity index is 1620. The molecule has 0 saturated heterocycles. The van der Waals surface area contributed by atoms with Crippen LogP contribution in [-0.4, -0.2) is 30.1 Å². The van der Waals surface area contributed by atoms with E-state index in [1.165, 1.54) is 18.9 Å². The van der Waals surface area contributed by atoms with Crippen LogP contribution in [-0.2, 0) is 9.59 Å². The second-order valence-electron chi connectivity index (χ2n) is 9.32. The SMILES string of the molecule is COc1ccccc1/C=C(/NC(=O)c1ccccc1)C(=O)Nc1cccc(SC(C)C(=O)Nc2ccc(C)c(Cl)c2)c1. The van der Waals surface area contributed by atoms with E-state index in [0.29, 0.717) is 33.3 Å². The molecule has 9 heteroatoms. The number of ether oxygens (including phenoxy) is 1. The van der Waals surface area contributed by atoms with Gasteiger partial charge in [-0.05, 0) is 74.0 Å². The Morgan fingerprint density at radius 2 is 1.57 bits per heavy atom. The van der Waals surface area contributed by atoms with Crippen molar-refractivity contribution in [2.24, 2.45) is 0 Å². The molecule has 3 amide bonds. The molecule has 7 nitrogen and oxygen atoms in total. The Hall–Kier alpha value is -4.53. The van der Waals surface area contributed by atoms with E-state index in [2.05, 4.69) is 16.0 Å². The van der Waals surface area contributed by atoms with Gasteiger partial charge in [-0.15, -0.1) is 11.8 Å². The average molecular weight is 600 g/mol. The van der Waals surface area contributed by atoms with Gasteiger partial charge < -0.3 is 20.7 Å². The fraction of sp³-hybridized carbons (Fsp3) is 0.121. The van der Waals surface area contributed by atoms with E-state index in [1.807, 2.05) is 37.3 Å². The van der Waals surface area contributed by atoms with Gasteiger partial charge in [0.2, 0.25) is 5.91 Å². The predicted octanol–water partition coefficient (Wildman–Crippen LogP) is 7.19. The Kier molecular flexibility index (Phi) is 10.4. The number of carbonyl (C=O) groups is 3. The van der Waals surface area contributed by atoms with Crippen LogP contribution in [0, 0.1) is 6.92 Å². The molecule has 1 unspecified atom stereocenters.